The minimum atomic E-state index is -3.69. The number of fused-ring (bicyclic) bond motifs is 3. The van der Waals surface area contributed by atoms with Crippen LogP contribution in [0.25, 0.3) is 44.2 Å². The number of thiophene rings is 1. The summed E-state index contributed by atoms with van der Waals surface area (Å²) in [5.74, 6) is -0.399. The SMILES string of the molecule is COC(=O)c1ccc(-c2cnc3[nH]c4ccc(N(C)S(=O)(=O)c5cccs5)cc4c3c2-c2ccccc2)cc1. The zero-order valence-corrected chi connectivity index (χ0v) is 22.7. The largest absolute Gasteiger partial charge is 0.465 e. The number of methoxy groups -OCH3 is 1. The number of H-pyrrole nitrogens is 1. The van der Waals surface area contributed by atoms with Crippen molar-refractivity contribution < 1.29 is 17.9 Å². The third kappa shape index (κ3) is 4.25. The molecule has 0 aliphatic heterocycles. The second-order valence-corrected chi connectivity index (χ2v) is 12.1. The van der Waals surface area contributed by atoms with Gasteiger partial charge in [-0.3, -0.25) is 4.31 Å². The van der Waals surface area contributed by atoms with Crippen molar-refractivity contribution in [3.63, 3.8) is 0 Å². The lowest BCUT2D eigenvalue weighted by Gasteiger charge is -2.18. The molecule has 0 unspecified atom stereocenters. The van der Waals surface area contributed by atoms with Crippen molar-refractivity contribution in [1.82, 2.24) is 9.97 Å². The molecule has 3 aromatic heterocycles. The number of nitrogens with zero attached hydrogens (tertiary/aromatic N) is 2. The summed E-state index contributed by atoms with van der Waals surface area (Å²) in [6, 6.07) is 26.1. The maximum absolute atomic E-state index is 13.2. The summed E-state index contributed by atoms with van der Waals surface area (Å²) in [6.07, 6.45) is 1.82. The summed E-state index contributed by atoms with van der Waals surface area (Å²) in [5.41, 5.74) is 6.27. The molecule has 0 bridgehead atoms. The predicted octanol–water partition coefficient (Wildman–Crippen LogP) is 6.72. The molecule has 194 valence electrons. The van der Waals surface area contributed by atoms with Gasteiger partial charge >= 0.3 is 5.97 Å². The number of ether oxygens (including phenoxy) is 1. The van der Waals surface area contributed by atoms with Gasteiger partial charge in [-0.15, -0.1) is 11.3 Å². The fourth-order valence-electron chi connectivity index (χ4n) is 4.75. The molecule has 39 heavy (non-hydrogen) atoms. The molecule has 0 aliphatic carbocycles. The number of benzene rings is 3. The first-order valence-corrected chi connectivity index (χ1v) is 14.4. The van der Waals surface area contributed by atoms with Crippen molar-refractivity contribution in [3.8, 4) is 22.3 Å². The molecule has 0 atom stereocenters. The van der Waals surface area contributed by atoms with Crippen molar-refractivity contribution in [2.24, 2.45) is 0 Å². The van der Waals surface area contributed by atoms with E-state index in [4.69, 9.17) is 9.72 Å². The highest BCUT2D eigenvalue weighted by Gasteiger charge is 2.24. The molecule has 0 aliphatic rings. The molecule has 1 N–H and O–H groups in total. The minimum Gasteiger partial charge on any atom is -0.465 e. The van der Waals surface area contributed by atoms with E-state index in [-0.39, 0.29) is 4.21 Å². The van der Waals surface area contributed by atoms with Crippen LogP contribution in [0.2, 0.25) is 0 Å². The van der Waals surface area contributed by atoms with Crippen molar-refractivity contribution in [2.75, 3.05) is 18.5 Å². The Morgan fingerprint density at radius 3 is 2.41 bits per heavy atom. The lowest BCUT2D eigenvalue weighted by molar-refractivity contribution is 0.0600. The molecule has 6 rings (SSSR count). The predicted molar refractivity (Wildman–Crippen MR) is 156 cm³/mol. The summed E-state index contributed by atoms with van der Waals surface area (Å²) in [5, 5.41) is 3.49. The Hall–Kier alpha value is -4.47. The number of aromatic amines is 1. The van der Waals surface area contributed by atoms with Gasteiger partial charge in [-0.1, -0.05) is 48.5 Å². The van der Waals surface area contributed by atoms with Crippen molar-refractivity contribution in [1.29, 1.82) is 0 Å². The highest BCUT2D eigenvalue weighted by Crippen LogP contribution is 2.41. The van der Waals surface area contributed by atoms with Crippen molar-refractivity contribution in [3.05, 3.63) is 102 Å². The normalized spacial score (nSPS) is 11.6. The van der Waals surface area contributed by atoms with Crippen LogP contribution in [0.3, 0.4) is 0 Å². The van der Waals surface area contributed by atoms with Crippen LogP contribution in [-0.2, 0) is 14.8 Å². The monoisotopic (exact) mass is 553 g/mol. The van der Waals surface area contributed by atoms with Gasteiger partial charge in [0.25, 0.3) is 10.0 Å². The zero-order chi connectivity index (χ0) is 27.1. The number of pyridine rings is 1. The van der Waals surface area contributed by atoms with E-state index in [0.717, 1.165) is 38.5 Å². The van der Waals surface area contributed by atoms with Crippen LogP contribution in [0.4, 0.5) is 5.69 Å². The number of aromatic nitrogens is 2. The minimum absolute atomic E-state index is 0.286. The van der Waals surface area contributed by atoms with Crippen LogP contribution in [0.15, 0.2) is 101 Å². The summed E-state index contributed by atoms with van der Waals surface area (Å²) < 4.78 is 32.9. The van der Waals surface area contributed by atoms with Gasteiger partial charge in [-0.2, -0.15) is 0 Å². The van der Waals surface area contributed by atoms with Crippen LogP contribution in [-0.4, -0.2) is 38.5 Å². The Morgan fingerprint density at radius 2 is 1.72 bits per heavy atom. The highest BCUT2D eigenvalue weighted by molar-refractivity contribution is 7.94. The van der Waals surface area contributed by atoms with E-state index in [2.05, 4.69) is 4.98 Å². The number of esters is 1. The zero-order valence-electron chi connectivity index (χ0n) is 21.1. The summed E-state index contributed by atoms with van der Waals surface area (Å²) >= 11 is 1.19. The molecule has 9 heteroatoms. The van der Waals surface area contributed by atoms with E-state index in [1.807, 2.05) is 60.8 Å². The van der Waals surface area contributed by atoms with Gasteiger partial charge in [0.15, 0.2) is 0 Å². The Balaban J connectivity index is 1.59. The van der Waals surface area contributed by atoms with E-state index in [9.17, 15) is 13.2 Å². The Morgan fingerprint density at radius 1 is 0.949 bits per heavy atom. The summed E-state index contributed by atoms with van der Waals surface area (Å²) in [6.45, 7) is 0. The van der Waals surface area contributed by atoms with Gasteiger partial charge in [0, 0.05) is 40.7 Å². The smallest absolute Gasteiger partial charge is 0.337 e. The van der Waals surface area contributed by atoms with Crippen molar-refractivity contribution in [2.45, 2.75) is 4.21 Å². The fourth-order valence-corrected chi connectivity index (χ4v) is 7.10. The molecule has 6 aromatic rings. The third-order valence-electron chi connectivity index (χ3n) is 6.76. The first kappa shape index (κ1) is 24.8. The number of sulfonamides is 1. The molecule has 0 spiro atoms. The van der Waals surface area contributed by atoms with Crippen LogP contribution in [0, 0.1) is 0 Å². The van der Waals surface area contributed by atoms with Gasteiger partial charge in [-0.25, -0.2) is 18.2 Å². The van der Waals surface area contributed by atoms with Gasteiger partial charge in [-0.05, 0) is 52.9 Å². The van der Waals surface area contributed by atoms with E-state index >= 15 is 0 Å². The van der Waals surface area contributed by atoms with Crippen molar-refractivity contribution >= 4 is 55.0 Å². The van der Waals surface area contributed by atoms with Gasteiger partial charge in [0.05, 0.1) is 18.4 Å². The lowest BCUT2D eigenvalue weighted by Crippen LogP contribution is -2.25. The number of nitrogens with one attached hydrogen (secondary N) is 1. The molecular weight excluding hydrogens is 530 g/mol. The molecule has 0 radical (unpaired) electrons. The molecule has 3 heterocycles. The van der Waals surface area contributed by atoms with Crippen LogP contribution < -0.4 is 4.31 Å². The quantitative estimate of drug-likeness (QED) is 0.231. The molecule has 0 saturated heterocycles. The second kappa shape index (κ2) is 9.68. The number of carbonyl (C=O) groups is 1. The molecule has 7 nitrogen and oxygen atoms in total. The molecule has 0 fully saturated rings. The standard InChI is InChI=1S/C30H23N3O4S2/c1-33(39(35,36)26-9-6-16-38-26)22-14-15-25-23(17-22)28-27(20-7-4-3-5-8-20)24(18-31-29(28)32-25)19-10-12-21(13-11-19)30(34)37-2/h3-18H,1-2H3,(H,31,32). The first-order valence-electron chi connectivity index (χ1n) is 12.1. The van der Waals surface area contributed by atoms with E-state index in [0.29, 0.717) is 16.9 Å². The molecule has 0 amide bonds. The molecule has 0 saturated carbocycles. The Bertz CT molecular complexity index is 1930. The lowest BCUT2D eigenvalue weighted by atomic mass is 9.92. The highest BCUT2D eigenvalue weighted by atomic mass is 32.2. The number of rotatable bonds is 6. The maximum atomic E-state index is 13.2. The Labute approximate surface area is 229 Å². The van der Waals surface area contributed by atoms with Crippen LogP contribution in [0.5, 0.6) is 0 Å². The summed E-state index contributed by atoms with van der Waals surface area (Å²) in [7, 11) is -0.770. The fraction of sp³-hybridized carbons (Fsp3) is 0.0667. The average Bonchev–Trinajstić information content (AvgIpc) is 3.65. The topological polar surface area (TPSA) is 92.4 Å². The number of carbonyl (C=O) groups excluding carboxylic acids is 1. The van der Waals surface area contributed by atoms with Gasteiger partial charge in [0.2, 0.25) is 0 Å². The van der Waals surface area contributed by atoms with E-state index in [1.54, 1.807) is 42.8 Å². The maximum Gasteiger partial charge on any atom is 0.337 e. The number of hydrogen-bond acceptors (Lipinski definition) is 6. The summed E-state index contributed by atoms with van der Waals surface area (Å²) in [4.78, 5) is 20.1. The molecule has 3 aromatic carbocycles. The van der Waals surface area contributed by atoms with Gasteiger partial charge < -0.3 is 9.72 Å². The van der Waals surface area contributed by atoms with Gasteiger partial charge in [0.1, 0.15) is 9.86 Å². The Kier molecular flexibility index (Phi) is 6.17. The van der Waals surface area contributed by atoms with E-state index in [1.165, 1.54) is 22.8 Å². The average molecular weight is 554 g/mol. The number of anilines is 1. The van der Waals surface area contributed by atoms with E-state index < -0.39 is 16.0 Å². The third-order valence-corrected chi connectivity index (χ3v) is 9.92. The van der Waals surface area contributed by atoms with Crippen LogP contribution in [0.1, 0.15) is 10.4 Å². The molecular formula is C30H23N3O4S2. The second-order valence-electron chi connectivity index (χ2n) is 8.96. The van der Waals surface area contributed by atoms with Crippen LogP contribution >= 0.6 is 11.3 Å². The first-order chi connectivity index (χ1) is 18.9. The number of hydrogen-bond donors (Lipinski definition) is 1.